The first kappa shape index (κ1) is 33.3. The van der Waals surface area contributed by atoms with Crippen LogP contribution < -0.4 is 14.8 Å². The predicted molar refractivity (Wildman–Crippen MR) is 144 cm³/mol. The van der Waals surface area contributed by atoms with Crippen molar-refractivity contribution in [2.24, 2.45) is 5.92 Å². The number of amides is 1. The molecule has 1 N–H and O–H groups in total. The van der Waals surface area contributed by atoms with E-state index < -0.39 is 55.0 Å². The number of methoxy groups -OCH3 is 1. The highest BCUT2D eigenvalue weighted by Crippen LogP contribution is 2.30. The van der Waals surface area contributed by atoms with Crippen LogP contribution in [-0.4, -0.2) is 81.0 Å². The Morgan fingerprint density at radius 1 is 1.16 bits per heavy atom. The van der Waals surface area contributed by atoms with Gasteiger partial charge in [-0.3, -0.25) is 9.59 Å². The zero-order valence-electron chi connectivity index (χ0n) is 23.8. The first-order chi connectivity index (χ1) is 20.5. The van der Waals surface area contributed by atoms with Gasteiger partial charge in [-0.2, -0.15) is 13.2 Å². The molecule has 14 heteroatoms. The summed E-state index contributed by atoms with van der Waals surface area (Å²) in [5.74, 6) is -2.72. The zero-order chi connectivity index (χ0) is 31.4. The first-order valence-electron chi connectivity index (χ1n) is 13.3. The molecule has 234 valence electrons. The molecule has 0 saturated carbocycles. The number of aromatic nitrogens is 1. The van der Waals surface area contributed by atoms with E-state index in [1.165, 1.54) is 26.3 Å². The van der Waals surface area contributed by atoms with E-state index >= 15 is 0 Å². The molecule has 1 saturated heterocycles. The summed E-state index contributed by atoms with van der Waals surface area (Å²) in [5.41, 5.74) is 0.662. The molecular weight excluding hydrogens is 577 g/mol. The lowest BCUT2D eigenvalue weighted by molar-refractivity contribution is -0.159. The molecular formula is C29H33F3N2O9. The third kappa shape index (κ3) is 10.6. The molecule has 0 unspecified atom stereocenters. The van der Waals surface area contributed by atoms with Gasteiger partial charge in [0.05, 0.1) is 33.0 Å². The number of cyclic esters (lactones) is 1. The Hall–Kier alpha value is -4.17. The van der Waals surface area contributed by atoms with Crippen molar-refractivity contribution in [3.63, 3.8) is 0 Å². The molecule has 1 aromatic heterocycles. The standard InChI is InChI=1S/C29H33F3N2O9/c1-18-25(40-13-7-11-29(30,31)32)21(14-20-8-5-4-6-9-20)15-39-16-22(28(37)43-18)34-27(36)24-26(42-17-41-19(2)35)23(38-3)10-12-33-24/h4-12,18,21-22,25H,13-17H2,1-3H3,(H,34,36)/b11-7+/t18-,21-,22-,25-/m0/s1. The summed E-state index contributed by atoms with van der Waals surface area (Å²) in [7, 11) is 1.34. The van der Waals surface area contributed by atoms with Crippen molar-refractivity contribution in [1.82, 2.24) is 10.3 Å². The third-order valence-electron chi connectivity index (χ3n) is 6.24. The van der Waals surface area contributed by atoms with Crippen molar-refractivity contribution < 1.29 is 56.0 Å². The average Bonchev–Trinajstić information content (AvgIpc) is 3.00. The molecule has 1 amide bonds. The monoisotopic (exact) mass is 610 g/mol. The molecule has 2 heterocycles. The van der Waals surface area contributed by atoms with Crippen LogP contribution in [-0.2, 0) is 35.0 Å². The highest BCUT2D eigenvalue weighted by molar-refractivity contribution is 5.98. The molecule has 0 aliphatic carbocycles. The number of hydrogen-bond donors (Lipinski definition) is 1. The fraction of sp³-hybridized carbons (Fsp3) is 0.448. The van der Waals surface area contributed by atoms with Crippen LogP contribution in [0.25, 0.3) is 0 Å². The SMILES string of the molecule is COc1ccnc(C(=O)N[C@H]2COC[C@H](Cc3ccccc3)[C@@H](OC/C=C/C(F)(F)F)[C@H](C)OC2=O)c1OCOC(C)=O. The van der Waals surface area contributed by atoms with Crippen molar-refractivity contribution in [3.8, 4) is 11.5 Å². The minimum atomic E-state index is -4.50. The maximum Gasteiger partial charge on any atom is 0.409 e. The number of carbonyl (C=O) groups excluding carboxylic acids is 3. The average molecular weight is 611 g/mol. The van der Waals surface area contributed by atoms with Gasteiger partial charge in [-0.05, 0) is 18.9 Å². The van der Waals surface area contributed by atoms with Gasteiger partial charge >= 0.3 is 18.1 Å². The van der Waals surface area contributed by atoms with E-state index in [2.05, 4.69) is 10.3 Å². The molecule has 2 aromatic rings. The summed E-state index contributed by atoms with van der Waals surface area (Å²) >= 11 is 0. The van der Waals surface area contributed by atoms with E-state index in [-0.39, 0.29) is 43.1 Å². The van der Waals surface area contributed by atoms with Crippen LogP contribution in [0.1, 0.15) is 29.9 Å². The van der Waals surface area contributed by atoms with Crippen molar-refractivity contribution in [3.05, 3.63) is 66.0 Å². The summed E-state index contributed by atoms with van der Waals surface area (Å²) < 4.78 is 70.5. The Balaban J connectivity index is 1.79. The number of benzene rings is 1. The van der Waals surface area contributed by atoms with Crippen LogP contribution in [0.4, 0.5) is 13.2 Å². The van der Waals surface area contributed by atoms with Crippen molar-refractivity contribution in [1.29, 1.82) is 0 Å². The molecule has 11 nitrogen and oxygen atoms in total. The minimum absolute atomic E-state index is 0.0457. The van der Waals surface area contributed by atoms with Crippen LogP contribution in [0.15, 0.2) is 54.7 Å². The number of hydrogen-bond acceptors (Lipinski definition) is 10. The second-order valence-electron chi connectivity index (χ2n) is 9.49. The lowest BCUT2D eigenvalue weighted by atomic mass is 9.91. The number of alkyl halides is 3. The summed E-state index contributed by atoms with van der Waals surface area (Å²) in [5, 5.41) is 2.52. The fourth-order valence-corrected chi connectivity index (χ4v) is 4.32. The number of esters is 2. The van der Waals surface area contributed by atoms with Crippen molar-refractivity contribution in [2.45, 2.75) is 44.7 Å². The second-order valence-corrected chi connectivity index (χ2v) is 9.49. The number of pyridine rings is 1. The van der Waals surface area contributed by atoms with E-state index in [0.717, 1.165) is 11.6 Å². The van der Waals surface area contributed by atoms with Gasteiger partial charge in [-0.25, -0.2) is 9.78 Å². The van der Waals surface area contributed by atoms with Gasteiger partial charge in [0.15, 0.2) is 23.2 Å². The molecule has 1 aliphatic heterocycles. The number of rotatable bonds is 11. The highest BCUT2D eigenvalue weighted by Gasteiger charge is 2.36. The maximum absolute atomic E-state index is 13.2. The summed E-state index contributed by atoms with van der Waals surface area (Å²) in [4.78, 5) is 41.5. The van der Waals surface area contributed by atoms with E-state index in [0.29, 0.717) is 6.42 Å². The molecule has 0 radical (unpaired) electrons. The predicted octanol–water partition coefficient (Wildman–Crippen LogP) is 3.41. The van der Waals surface area contributed by atoms with Crippen LogP contribution >= 0.6 is 0 Å². The number of nitrogens with one attached hydrogen (secondary N) is 1. The van der Waals surface area contributed by atoms with E-state index in [4.69, 9.17) is 28.4 Å². The van der Waals surface area contributed by atoms with Gasteiger partial charge in [0, 0.05) is 31.2 Å². The van der Waals surface area contributed by atoms with Crippen molar-refractivity contribution in [2.75, 3.05) is 33.7 Å². The minimum Gasteiger partial charge on any atom is -0.493 e. The van der Waals surface area contributed by atoms with E-state index in [1.807, 2.05) is 30.3 Å². The molecule has 4 atom stereocenters. The van der Waals surface area contributed by atoms with Gasteiger partial charge in [-0.1, -0.05) is 36.4 Å². The zero-order valence-corrected chi connectivity index (χ0v) is 23.8. The van der Waals surface area contributed by atoms with Gasteiger partial charge in [0.1, 0.15) is 6.10 Å². The topological polar surface area (TPSA) is 132 Å². The smallest absolute Gasteiger partial charge is 0.409 e. The quantitative estimate of drug-likeness (QED) is 0.229. The van der Waals surface area contributed by atoms with Gasteiger partial charge in [0.25, 0.3) is 5.91 Å². The van der Waals surface area contributed by atoms with Gasteiger partial charge in [0.2, 0.25) is 6.79 Å². The summed E-state index contributed by atoms with van der Waals surface area (Å²) in [6.45, 7) is 1.60. The third-order valence-corrected chi connectivity index (χ3v) is 6.24. The van der Waals surface area contributed by atoms with Gasteiger partial charge < -0.3 is 33.7 Å². The lowest BCUT2D eigenvalue weighted by Gasteiger charge is -2.30. The molecule has 1 aromatic carbocycles. The van der Waals surface area contributed by atoms with Crippen molar-refractivity contribution >= 4 is 17.8 Å². The van der Waals surface area contributed by atoms with Crippen LogP contribution in [0, 0.1) is 5.92 Å². The molecule has 0 bridgehead atoms. The largest absolute Gasteiger partial charge is 0.493 e. The Bertz CT molecular complexity index is 1260. The molecule has 43 heavy (non-hydrogen) atoms. The normalized spacial score (nSPS) is 21.2. The molecule has 1 aliphatic rings. The number of allylic oxidation sites excluding steroid dienone is 1. The number of ether oxygens (including phenoxy) is 6. The maximum atomic E-state index is 13.2. The van der Waals surface area contributed by atoms with Gasteiger partial charge in [-0.15, -0.1) is 0 Å². The lowest BCUT2D eigenvalue weighted by Crippen LogP contribution is -2.46. The van der Waals surface area contributed by atoms with Crippen LogP contribution in [0.5, 0.6) is 11.5 Å². The Labute approximate surface area is 246 Å². The number of nitrogens with zero attached hydrogens (tertiary/aromatic N) is 1. The summed E-state index contributed by atoms with van der Waals surface area (Å²) in [6, 6.07) is 9.45. The number of carbonyl (C=O) groups is 3. The second kappa shape index (κ2) is 15.9. The van der Waals surface area contributed by atoms with Crippen LogP contribution in [0.3, 0.4) is 0 Å². The first-order valence-corrected chi connectivity index (χ1v) is 13.3. The summed E-state index contributed by atoms with van der Waals surface area (Å²) in [6.07, 6.45) is -3.63. The Kier molecular flexibility index (Phi) is 12.3. The highest BCUT2D eigenvalue weighted by atomic mass is 19.4. The Morgan fingerprint density at radius 2 is 1.91 bits per heavy atom. The Morgan fingerprint density at radius 3 is 2.58 bits per heavy atom. The fourth-order valence-electron chi connectivity index (χ4n) is 4.32. The number of halogens is 3. The molecule has 1 fully saturated rings. The van der Waals surface area contributed by atoms with Crippen LogP contribution in [0.2, 0.25) is 0 Å². The van der Waals surface area contributed by atoms with E-state index in [9.17, 15) is 27.6 Å². The molecule has 0 spiro atoms. The molecule has 3 rings (SSSR count). The van der Waals surface area contributed by atoms with E-state index in [1.54, 1.807) is 6.92 Å².